The number of H-pyrrole nitrogens is 1. The molecule has 0 aliphatic carbocycles. The topological polar surface area (TPSA) is 99.4 Å². The Balaban J connectivity index is 2.24. The quantitative estimate of drug-likeness (QED) is 0.558. The minimum Gasteiger partial charge on any atom is -0.368 e. The van der Waals surface area contributed by atoms with E-state index in [0.717, 1.165) is 22.2 Å². The van der Waals surface area contributed by atoms with Crippen molar-refractivity contribution in [2.45, 2.75) is 13.3 Å². The average Bonchev–Trinajstić information content (AvgIpc) is 2.65. The highest BCUT2D eigenvalue weighted by atomic mass is 16.5. The van der Waals surface area contributed by atoms with Crippen LogP contribution in [0, 0.1) is 6.92 Å². The van der Waals surface area contributed by atoms with Crippen LogP contribution < -0.4 is 5.73 Å². The van der Waals surface area contributed by atoms with Crippen molar-refractivity contribution in [3.05, 3.63) is 35.5 Å². The Morgan fingerprint density at radius 1 is 1.37 bits per heavy atom. The van der Waals surface area contributed by atoms with Gasteiger partial charge in [0.05, 0.1) is 6.42 Å². The number of rotatable bonds is 4. The van der Waals surface area contributed by atoms with E-state index in [2.05, 4.69) is 4.98 Å². The number of para-hydroxylation sites is 1. The van der Waals surface area contributed by atoms with Crippen LogP contribution in [0.4, 0.5) is 0 Å². The Labute approximate surface area is 109 Å². The van der Waals surface area contributed by atoms with E-state index in [1.807, 2.05) is 31.2 Å². The summed E-state index contributed by atoms with van der Waals surface area (Å²) in [5.74, 6) is -1.32. The minimum atomic E-state index is -0.758. The number of aryl methyl sites for hydroxylation is 1. The third kappa shape index (κ3) is 2.74. The van der Waals surface area contributed by atoms with E-state index in [1.165, 1.54) is 0 Å². The van der Waals surface area contributed by atoms with Crippen molar-refractivity contribution < 1.29 is 14.8 Å². The predicted molar refractivity (Wildman–Crippen MR) is 69.4 cm³/mol. The standard InChI is InChI=1S/C13H15N3O3/c1-8-10(6-13(18)16(19)7-12(14)17)9-4-2-3-5-11(9)15-8/h2-5,15,19H,6-7H2,1H3,(H2,14,17). The number of hydrogen-bond donors (Lipinski definition) is 3. The molecule has 2 amide bonds. The second-order valence-corrected chi connectivity index (χ2v) is 4.37. The number of nitrogens with one attached hydrogen (secondary N) is 1. The molecular weight excluding hydrogens is 246 g/mol. The SMILES string of the molecule is Cc1[nH]c2ccccc2c1CC(=O)N(O)CC(N)=O. The summed E-state index contributed by atoms with van der Waals surface area (Å²) in [7, 11) is 0. The molecule has 2 rings (SSSR count). The third-order valence-electron chi connectivity index (χ3n) is 2.95. The number of carbonyl (C=O) groups excluding carboxylic acids is 2. The number of aromatic nitrogens is 1. The second kappa shape index (κ2) is 5.11. The Kier molecular flexibility index (Phi) is 3.52. The summed E-state index contributed by atoms with van der Waals surface area (Å²) in [6.07, 6.45) is 0.0135. The van der Waals surface area contributed by atoms with Gasteiger partial charge in [-0.2, -0.15) is 0 Å². The van der Waals surface area contributed by atoms with Gasteiger partial charge in [0, 0.05) is 16.6 Å². The fourth-order valence-corrected chi connectivity index (χ4v) is 2.04. The van der Waals surface area contributed by atoms with Gasteiger partial charge in [-0.25, -0.2) is 5.06 Å². The van der Waals surface area contributed by atoms with Crippen molar-refractivity contribution in [2.75, 3.05) is 6.54 Å². The van der Waals surface area contributed by atoms with Crippen molar-refractivity contribution in [2.24, 2.45) is 5.73 Å². The van der Waals surface area contributed by atoms with Crippen molar-refractivity contribution in [1.82, 2.24) is 10.0 Å². The maximum atomic E-state index is 11.8. The molecule has 100 valence electrons. The first-order valence-electron chi connectivity index (χ1n) is 5.82. The third-order valence-corrected chi connectivity index (χ3v) is 2.95. The van der Waals surface area contributed by atoms with Gasteiger partial charge in [-0.15, -0.1) is 0 Å². The monoisotopic (exact) mass is 261 g/mol. The van der Waals surface area contributed by atoms with Gasteiger partial charge in [0.25, 0.3) is 5.91 Å². The summed E-state index contributed by atoms with van der Waals surface area (Å²) in [5.41, 5.74) is 7.53. The maximum absolute atomic E-state index is 11.8. The molecule has 2 aromatic rings. The first-order valence-corrected chi connectivity index (χ1v) is 5.82. The number of benzene rings is 1. The van der Waals surface area contributed by atoms with Crippen molar-refractivity contribution in [3.8, 4) is 0 Å². The Hall–Kier alpha value is -2.34. The van der Waals surface area contributed by atoms with Gasteiger partial charge in [-0.3, -0.25) is 14.8 Å². The normalized spacial score (nSPS) is 10.6. The summed E-state index contributed by atoms with van der Waals surface area (Å²) in [4.78, 5) is 25.6. The van der Waals surface area contributed by atoms with E-state index in [1.54, 1.807) is 0 Å². The molecule has 0 bridgehead atoms. The molecule has 1 heterocycles. The molecule has 1 aromatic carbocycles. The van der Waals surface area contributed by atoms with E-state index in [0.29, 0.717) is 5.06 Å². The molecule has 0 aliphatic rings. The van der Waals surface area contributed by atoms with Crippen LogP contribution in [-0.2, 0) is 16.0 Å². The molecule has 0 saturated carbocycles. The molecule has 4 N–H and O–H groups in total. The lowest BCUT2D eigenvalue weighted by Crippen LogP contribution is -2.36. The number of hydrogen-bond acceptors (Lipinski definition) is 3. The van der Waals surface area contributed by atoms with Crippen LogP contribution in [0.3, 0.4) is 0 Å². The number of primary amides is 1. The zero-order chi connectivity index (χ0) is 14.0. The van der Waals surface area contributed by atoms with E-state index >= 15 is 0 Å². The Morgan fingerprint density at radius 2 is 2.05 bits per heavy atom. The molecule has 0 unspecified atom stereocenters. The van der Waals surface area contributed by atoms with Crippen LogP contribution >= 0.6 is 0 Å². The smallest absolute Gasteiger partial charge is 0.250 e. The summed E-state index contributed by atoms with van der Waals surface area (Å²) < 4.78 is 0. The fourth-order valence-electron chi connectivity index (χ4n) is 2.04. The summed E-state index contributed by atoms with van der Waals surface area (Å²) >= 11 is 0. The predicted octanol–water partition coefficient (Wildman–Crippen LogP) is 0.722. The average molecular weight is 261 g/mol. The highest BCUT2D eigenvalue weighted by molar-refractivity contribution is 5.91. The Morgan fingerprint density at radius 3 is 2.74 bits per heavy atom. The fraction of sp³-hybridized carbons (Fsp3) is 0.231. The number of aromatic amines is 1. The van der Waals surface area contributed by atoms with Gasteiger partial charge in [0.15, 0.2) is 0 Å². The summed E-state index contributed by atoms with van der Waals surface area (Å²) in [6.45, 7) is 1.36. The molecule has 1 aromatic heterocycles. The van der Waals surface area contributed by atoms with Crippen LogP contribution in [0.25, 0.3) is 10.9 Å². The highest BCUT2D eigenvalue weighted by Gasteiger charge is 2.17. The van der Waals surface area contributed by atoms with E-state index in [4.69, 9.17) is 5.73 Å². The van der Waals surface area contributed by atoms with Crippen LogP contribution in [0.15, 0.2) is 24.3 Å². The minimum absolute atomic E-state index is 0.0135. The lowest BCUT2D eigenvalue weighted by atomic mass is 10.1. The summed E-state index contributed by atoms with van der Waals surface area (Å²) in [6, 6.07) is 7.59. The summed E-state index contributed by atoms with van der Waals surface area (Å²) in [5, 5.41) is 10.7. The Bertz CT molecular complexity index is 633. The molecule has 6 nitrogen and oxygen atoms in total. The van der Waals surface area contributed by atoms with Gasteiger partial charge >= 0.3 is 0 Å². The molecule has 0 saturated heterocycles. The number of carbonyl (C=O) groups is 2. The van der Waals surface area contributed by atoms with Crippen molar-refractivity contribution in [3.63, 3.8) is 0 Å². The molecule has 0 atom stereocenters. The molecule has 0 spiro atoms. The molecule has 6 heteroatoms. The van der Waals surface area contributed by atoms with Crippen molar-refractivity contribution in [1.29, 1.82) is 0 Å². The van der Waals surface area contributed by atoms with Crippen LogP contribution in [0.2, 0.25) is 0 Å². The second-order valence-electron chi connectivity index (χ2n) is 4.37. The van der Waals surface area contributed by atoms with Gasteiger partial charge < -0.3 is 10.7 Å². The molecule has 0 radical (unpaired) electrons. The number of nitrogens with two attached hydrogens (primary N) is 1. The van der Waals surface area contributed by atoms with Gasteiger partial charge in [0.2, 0.25) is 5.91 Å². The first kappa shape index (κ1) is 13.1. The number of amides is 2. The number of fused-ring (bicyclic) bond motifs is 1. The maximum Gasteiger partial charge on any atom is 0.250 e. The van der Waals surface area contributed by atoms with Crippen LogP contribution in [0.1, 0.15) is 11.3 Å². The lowest BCUT2D eigenvalue weighted by Gasteiger charge is -2.12. The zero-order valence-corrected chi connectivity index (χ0v) is 10.5. The molecule has 0 fully saturated rings. The molecular formula is C13H15N3O3. The van der Waals surface area contributed by atoms with Gasteiger partial charge in [0.1, 0.15) is 6.54 Å². The van der Waals surface area contributed by atoms with Crippen molar-refractivity contribution >= 4 is 22.7 Å². The zero-order valence-electron chi connectivity index (χ0n) is 10.5. The first-order chi connectivity index (χ1) is 8.99. The van der Waals surface area contributed by atoms with E-state index in [9.17, 15) is 14.8 Å². The number of hydroxylamine groups is 2. The van der Waals surface area contributed by atoms with Gasteiger partial charge in [-0.1, -0.05) is 18.2 Å². The van der Waals surface area contributed by atoms with Gasteiger partial charge in [-0.05, 0) is 18.6 Å². The van der Waals surface area contributed by atoms with Crippen LogP contribution in [0.5, 0.6) is 0 Å². The van der Waals surface area contributed by atoms with Crippen LogP contribution in [-0.4, -0.2) is 33.6 Å². The molecule has 19 heavy (non-hydrogen) atoms. The lowest BCUT2D eigenvalue weighted by molar-refractivity contribution is -0.167. The number of nitrogens with zero attached hydrogens (tertiary/aromatic N) is 1. The highest BCUT2D eigenvalue weighted by Crippen LogP contribution is 2.22. The van der Waals surface area contributed by atoms with E-state index < -0.39 is 18.4 Å². The molecule has 0 aliphatic heterocycles. The van der Waals surface area contributed by atoms with E-state index in [-0.39, 0.29) is 6.42 Å². The largest absolute Gasteiger partial charge is 0.368 e.